The highest BCUT2D eigenvalue weighted by Crippen LogP contribution is 2.12. The van der Waals surface area contributed by atoms with Gasteiger partial charge in [-0.25, -0.2) is 0 Å². The van der Waals surface area contributed by atoms with Gasteiger partial charge in [-0.3, -0.25) is 0 Å². The van der Waals surface area contributed by atoms with E-state index in [4.69, 9.17) is 0 Å². The first kappa shape index (κ1) is 11.8. The minimum atomic E-state index is 1.31. The molecule has 0 spiro atoms. The molecule has 0 N–H and O–H groups in total. The average molecular weight is 193 g/mol. The molecular weight excluding hydrogens is 168 g/mol. The molecule has 0 bridgehead atoms. The van der Waals surface area contributed by atoms with E-state index in [1.807, 2.05) is 0 Å². The molecule has 1 aliphatic rings. The van der Waals surface area contributed by atoms with Crippen molar-refractivity contribution >= 4 is 0 Å². The predicted molar refractivity (Wildman–Crippen MR) is 64.2 cm³/mol. The standard InChI is InChI=1S/C14H25/c1-2-4-6-8-10-12-14-13-11-9-7-5-3-1/h1-2,13H,3-12,14H2/b2-1-. The van der Waals surface area contributed by atoms with E-state index in [0.29, 0.717) is 0 Å². The Kier molecular flexibility index (Phi) is 7.85. The summed E-state index contributed by atoms with van der Waals surface area (Å²) >= 11 is 0. The molecule has 14 heavy (non-hydrogen) atoms. The molecule has 1 aliphatic carbocycles. The first-order valence-electron chi connectivity index (χ1n) is 6.47. The molecule has 0 aromatic heterocycles. The molecule has 0 atom stereocenters. The molecule has 0 unspecified atom stereocenters. The Bertz CT molecular complexity index is 119. The molecule has 0 heterocycles. The second-order valence-corrected chi connectivity index (χ2v) is 4.39. The summed E-state index contributed by atoms with van der Waals surface area (Å²) < 4.78 is 0. The molecule has 1 radical (unpaired) electrons. The van der Waals surface area contributed by atoms with Crippen molar-refractivity contribution in [3.63, 3.8) is 0 Å². The minimum absolute atomic E-state index is 1.31. The Morgan fingerprint density at radius 1 is 0.429 bits per heavy atom. The summed E-state index contributed by atoms with van der Waals surface area (Å²) in [7, 11) is 0. The van der Waals surface area contributed by atoms with Crippen molar-refractivity contribution in [2.75, 3.05) is 0 Å². The van der Waals surface area contributed by atoms with Crippen molar-refractivity contribution in [2.45, 2.75) is 70.6 Å². The van der Waals surface area contributed by atoms with Gasteiger partial charge in [0.1, 0.15) is 0 Å². The fraction of sp³-hybridized carbons (Fsp3) is 0.786. The second kappa shape index (κ2) is 9.30. The van der Waals surface area contributed by atoms with E-state index in [2.05, 4.69) is 18.6 Å². The molecule has 0 saturated heterocycles. The zero-order valence-corrected chi connectivity index (χ0v) is 9.51. The van der Waals surface area contributed by atoms with Crippen LogP contribution in [0.3, 0.4) is 0 Å². The van der Waals surface area contributed by atoms with Gasteiger partial charge in [-0.1, -0.05) is 57.1 Å². The van der Waals surface area contributed by atoms with E-state index in [9.17, 15) is 0 Å². The predicted octanol–water partition coefficient (Wildman–Crippen LogP) is 5.05. The smallest absolute Gasteiger partial charge is 0.0351 e. The van der Waals surface area contributed by atoms with E-state index >= 15 is 0 Å². The molecule has 0 aromatic rings. The number of hydrogen-bond acceptors (Lipinski definition) is 0. The van der Waals surface area contributed by atoms with Crippen molar-refractivity contribution in [1.29, 1.82) is 0 Å². The fourth-order valence-electron chi connectivity index (χ4n) is 2.01. The molecule has 1 rings (SSSR count). The Labute approximate surface area is 89.8 Å². The van der Waals surface area contributed by atoms with E-state index in [1.165, 1.54) is 70.6 Å². The summed E-state index contributed by atoms with van der Waals surface area (Å²) in [5, 5.41) is 0. The lowest BCUT2D eigenvalue weighted by Gasteiger charge is -2.02. The maximum absolute atomic E-state index is 2.50. The number of hydrogen-bond donors (Lipinski definition) is 0. The van der Waals surface area contributed by atoms with E-state index in [1.54, 1.807) is 0 Å². The SMILES string of the molecule is [CH]1CCCCC/C=C\CCCCCC1. The van der Waals surface area contributed by atoms with Crippen LogP contribution in [-0.2, 0) is 0 Å². The summed E-state index contributed by atoms with van der Waals surface area (Å²) in [6.07, 6.45) is 22.5. The monoisotopic (exact) mass is 193 g/mol. The zero-order valence-electron chi connectivity index (χ0n) is 9.51. The molecule has 0 fully saturated rings. The average Bonchev–Trinajstić information content (AvgIpc) is 2.22. The van der Waals surface area contributed by atoms with E-state index < -0.39 is 0 Å². The number of allylic oxidation sites excluding steroid dienone is 2. The summed E-state index contributed by atoms with van der Waals surface area (Å²) in [5.74, 6) is 0. The van der Waals surface area contributed by atoms with Crippen LogP contribution in [0.1, 0.15) is 70.6 Å². The van der Waals surface area contributed by atoms with Crippen LogP contribution in [0.25, 0.3) is 0 Å². The highest BCUT2D eigenvalue weighted by atomic mass is 14.0. The quantitative estimate of drug-likeness (QED) is 0.472. The van der Waals surface area contributed by atoms with Crippen molar-refractivity contribution in [2.24, 2.45) is 0 Å². The van der Waals surface area contributed by atoms with Crippen molar-refractivity contribution in [1.82, 2.24) is 0 Å². The Hall–Kier alpha value is -0.260. The normalized spacial score (nSPS) is 25.1. The van der Waals surface area contributed by atoms with Crippen LogP contribution in [-0.4, -0.2) is 0 Å². The summed E-state index contributed by atoms with van der Waals surface area (Å²) in [4.78, 5) is 0. The van der Waals surface area contributed by atoms with Gasteiger partial charge in [0.05, 0.1) is 0 Å². The molecule has 0 heteroatoms. The molecule has 0 aromatic carbocycles. The largest absolute Gasteiger partial charge is 0.0885 e. The van der Waals surface area contributed by atoms with Crippen LogP contribution in [0.4, 0.5) is 0 Å². The summed E-state index contributed by atoms with van der Waals surface area (Å²) in [6.45, 7) is 0. The van der Waals surface area contributed by atoms with Crippen molar-refractivity contribution < 1.29 is 0 Å². The maximum atomic E-state index is 2.50. The van der Waals surface area contributed by atoms with Gasteiger partial charge >= 0.3 is 0 Å². The Morgan fingerprint density at radius 3 is 1.43 bits per heavy atom. The van der Waals surface area contributed by atoms with E-state index in [0.717, 1.165) is 0 Å². The van der Waals surface area contributed by atoms with Gasteiger partial charge < -0.3 is 0 Å². The van der Waals surface area contributed by atoms with Crippen LogP contribution < -0.4 is 0 Å². The number of rotatable bonds is 0. The lowest BCUT2D eigenvalue weighted by atomic mass is 10.0. The van der Waals surface area contributed by atoms with Crippen molar-refractivity contribution in [3.05, 3.63) is 18.6 Å². The highest BCUT2D eigenvalue weighted by Gasteiger charge is 1.93. The first-order valence-corrected chi connectivity index (χ1v) is 6.47. The van der Waals surface area contributed by atoms with Crippen LogP contribution in [0.2, 0.25) is 0 Å². The van der Waals surface area contributed by atoms with Gasteiger partial charge in [0.2, 0.25) is 0 Å². The third kappa shape index (κ3) is 7.17. The molecular formula is C14H25. The van der Waals surface area contributed by atoms with Gasteiger partial charge in [0.15, 0.2) is 0 Å². The highest BCUT2D eigenvalue weighted by molar-refractivity contribution is 4.81. The fourth-order valence-corrected chi connectivity index (χ4v) is 2.01. The third-order valence-electron chi connectivity index (χ3n) is 2.97. The second-order valence-electron chi connectivity index (χ2n) is 4.39. The zero-order chi connectivity index (χ0) is 9.90. The van der Waals surface area contributed by atoms with Crippen LogP contribution in [0.5, 0.6) is 0 Å². The lowest BCUT2D eigenvalue weighted by Crippen LogP contribution is -1.84. The summed E-state index contributed by atoms with van der Waals surface area (Å²) in [6, 6.07) is 0. The van der Waals surface area contributed by atoms with Crippen LogP contribution in [0.15, 0.2) is 12.2 Å². The van der Waals surface area contributed by atoms with Crippen LogP contribution in [0, 0.1) is 6.42 Å². The Balaban J connectivity index is 2.09. The molecule has 0 amide bonds. The lowest BCUT2D eigenvalue weighted by molar-refractivity contribution is 0.612. The first-order chi connectivity index (χ1) is 7.00. The third-order valence-corrected chi connectivity index (χ3v) is 2.97. The molecule has 0 aliphatic heterocycles. The summed E-state index contributed by atoms with van der Waals surface area (Å²) in [5.41, 5.74) is 0. The topological polar surface area (TPSA) is 0 Å². The maximum Gasteiger partial charge on any atom is -0.0351 e. The van der Waals surface area contributed by atoms with Gasteiger partial charge in [-0.2, -0.15) is 0 Å². The van der Waals surface area contributed by atoms with Gasteiger partial charge in [-0.15, -0.1) is 0 Å². The molecule has 0 saturated carbocycles. The molecule has 81 valence electrons. The van der Waals surface area contributed by atoms with Crippen molar-refractivity contribution in [3.8, 4) is 0 Å². The van der Waals surface area contributed by atoms with Gasteiger partial charge in [0.25, 0.3) is 0 Å². The molecule has 0 nitrogen and oxygen atoms in total. The van der Waals surface area contributed by atoms with Crippen LogP contribution >= 0.6 is 0 Å². The Morgan fingerprint density at radius 2 is 0.857 bits per heavy atom. The minimum Gasteiger partial charge on any atom is -0.0885 e. The van der Waals surface area contributed by atoms with E-state index in [-0.39, 0.29) is 0 Å². The van der Waals surface area contributed by atoms with Gasteiger partial charge in [0, 0.05) is 0 Å². The van der Waals surface area contributed by atoms with Gasteiger partial charge in [-0.05, 0) is 32.1 Å².